The molecule has 0 bridgehead atoms. The maximum atomic E-state index is 11.9. The molecule has 1 heterocycles. The highest BCUT2D eigenvalue weighted by molar-refractivity contribution is 7.94. The fraction of sp³-hybridized carbons (Fsp3) is 0.333. The zero-order chi connectivity index (χ0) is 11.6. The van der Waals surface area contributed by atoms with Crippen molar-refractivity contribution >= 4 is 9.84 Å². The first-order valence-corrected chi connectivity index (χ1v) is 6.78. The van der Waals surface area contributed by atoms with Crippen molar-refractivity contribution in [3.63, 3.8) is 0 Å². The molecule has 0 N–H and O–H groups in total. The van der Waals surface area contributed by atoms with Gasteiger partial charge in [-0.15, -0.1) is 0 Å². The molecule has 0 radical (unpaired) electrons. The van der Waals surface area contributed by atoms with E-state index in [2.05, 4.69) is 0 Å². The lowest BCUT2D eigenvalue weighted by atomic mass is 10.2. The van der Waals surface area contributed by atoms with Crippen LogP contribution in [0.5, 0.6) is 0 Å². The number of aryl methyl sites for hydroxylation is 1. The van der Waals surface area contributed by atoms with Crippen LogP contribution >= 0.6 is 0 Å². The Bertz CT molecular complexity index is 490. The van der Waals surface area contributed by atoms with E-state index in [1.54, 1.807) is 24.3 Å². The molecule has 86 valence electrons. The van der Waals surface area contributed by atoms with Crippen LogP contribution in [0, 0.1) is 6.92 Å². The SMILES string of the molecule is Cc1ccc(S(=O)(=O)C=C2CCCO2)cc1. The molecule has 0 saturated carbocycles. The Labute approximate surface area is 95.7 Å². The minimum Gasteiger partial charge on any atom is -0.497 e. The molecule has 0 aromatic heterocycles. The summed E-state index contributed by atoms with van der Waals surface area (Å²) in [6, 6.07) is 6.83. The molecule has 16 heavy (non-hydrogen) atoms. The molecule has 1 aliphatic rings. The number of rotatable bonds is 2. The van der Waals surface area contributed by atoms with Crippen LogP contribution in [0.25, 0.3) is 0 Å². The van der Waals surface area contributed by atoms with Crippen LogP contribution in [-0.2, 0) is 14.6 Å². The zero-order valence-corrected chi connectivity index (χ0v) is 9.96. The minimum atomic E-state index is -3.35. The maximum absolute atomic E-state index is 11.9. The lowest BCUT2D eigenvalue weighted by molar-refractivity contribution is 0.264. The van der Waals surface area contributed by atoms with Crippen LogP contribution in [0.1, 0.15) is 18.4 Å². The van der Waals surface area contributed by atoms with Gasteiger partial charge in [-0.2, -0.15) is 0 Å². The molecule has 0 unspecified atom stereocenters. The van der Waals surface area contributed by atoms with E-state index in [1.807, 2.05) is 6.92 Å². The fourth-order valence-corrected chi connectivity index (χ4v) is 2.77. The van der Waals surface area contributed by atoms with Crippen molar-refractivity contribution in [2.75, 3.05) is 6.61 Å². The van der Waals surface area contributed by atoms with Gasteiger partial charge in [0.15, 0.2) is 0 Å². The van der Waals surface area contributed by atoms with Gasteiger partial charge in [0.25, 0.3) is 0 Å². The molecule has 3 nitrogen and oxygen atoms in total. The summed E-state index contributed by atoms with van der Waals surface area (Å²) in [6.45, 7) is 2.55. The van der Waals surface area contributed by atoms with Crippen molar-refractivity contribution in [3.05, 3.63) is 41.0 Å². The first kappa shape index (κ1) is 11.2. The Balaban J connectivity index is 2.31. The van der Waals surface area contributed by atoms with E-state index >= 15 is 0 Å². The molecule has 0 aliphatic carbocycles. The van der Waals surface area contributed by atoms with Crippen LogP contribution in [0.4, 0.5) is 0 Å². The molecule has 2 rings (SSSR count). The molecular formula is C12H14O3S. The van der Waals surface area contributed by atoms with Crippen LogP contribution in [0.3, 0.4) is 0 Å². The fourth-order valence-electron chi connectivity index (χ4n) is 1.58. The first-order valence-electron chi connectivity index (χ1n) is 5.23. The summed E-state index contributed by atoms with van der Waals surface area (Å²) >= 11 is 0. The van der Waals surface area contributed by atoms with Crippen molar-refractivity contribution in [2.24, 2.45) is 0 Å². The third kappa shape index (κ3) is 2.44. The highest BCUT2D eigenvalue weighted by Gasteiger charge is 2.16. The van der Waals surface area contributed by atoms with Crippen molar-refractivity contribution in [2.45, 2.75) is 24.7 Å². The second-order valence-electron chi connectivity index (χ2n) is 3.89. The normalized spacial score (nSPS) is 18.7. The summed E-state index contributed by atoms with van der Waals surface area (Å²) in [5.41, 5.74) is 1.05. The molecule has 1 saturated heterocycles. The third-order valence-electron chi connectivity index (χ3n) is 2.49. The van der Waals surface area contributed by atoms with Gasteiger partial charge in [-0.05, 0) is 25.5 Å². The monoisotopic (exact) mass is 238 g/mol. The molecule has 1 aromatic rings. The lowest BCUT2D eigenvalue weighted by Crippen LogP contribution is -1.98. The van der Waals surface area contributed by atoms with Gasteiger partial charge in [0.05, 0.1) is 16.9 Å². The van der Waals surface area contributed by atoms with Crippen LogP contribution in [-0.4, -0.2) is 15.0 Å². The summed E-state index contributed by atoms with van der Waals surface area (Å²) in [7, 11) is -3.35. The summed E-state index contributed by atoms with van der Waals surface area (Å²) < 4.78 is 29.1. The molecule has 1 aromatic carbocycles. The van der Waals surface area contributed by atoms with Crippen molar-refractivity contribution < 1.29 is 13.2 Å². The summed E-state index contributed by atoms with van der Waals surface area (Å²) in [5.74, 6) is 0.570. The number of hydrogen-bond donors (Lipinski definition) is 0. The number of allylic oxidation sites excluding steroid dienone is 1. The standard InChI is InChI=1S/C12H14O3S/c1-10-4-6-12(7-5-10)16(13,14)9-11-3-2-8-15-11/h4-7,9H,2-3,8H2,1H3. The first-order chi connectivity index (χ1) is 7.58. The third-order valence-corrected chi connectivity index (χ3v) is 3.99. The van der Waals surface area contributed by atoms with Crippen molar-refractivity contribution in [3.8, 4) is 0 Å². The molecule has 4 heteroatoms. The Morgan fingerprint density at radius 3 is 2.50 bits per heavy atom. The molecular weight excluding hydrogens is 224 g/mol. The summed E-state index contributed by atoms with van der Waals surface area (Å²) in [5, 5.41) is 1.24. The maximum Gasteiger partial charge on any atom is 0.203 e. The highest BCUT2D eigenvalue weighted by atomic mass is 32.2. The Kier molecular flexibility index (Phi) is 3.01. The van der Waals surface area contributed by atoms with E-state index in [1.165, 1.54) is 5.41 Å². The van der Waals surface area contributed by atoms with Gasteiger partial charge in [-0.3, -0.25) is 0 Å². The number of sulfone groups is 1. The summed E-state index contributed by atoms with van der Waals surface area (Å²) in [4.78, 5) is 0.320. The van der Waals surface area contributed by atoms with E-state index in [4.69, 9.17) is 4.74 Å². The highest BCUT2D eigenvalue weighted by Crippen LogP contribution is 2.21. The van der Waals surface area contributed by atoms with Gasteiger partial charge in [0.1, 0.15) is 5.76 Å². The number of benzene rings is 1. The van der Waals surface area contributed by atoms with Crippen LogP contribution in [0.15, 0.2) is 40.3 Å². The van der Waals surface area contributed by atoms with Gasteiger partial charge in [-0.25, -0.2) is 8.42 Å². The van der Waals surface area contributed by atoms with Crippen molar-refractivity contribution in [1.29, 1.82) is 0 Å². The minimum absolute atomic E-state index is 0.320. The van der Waals surface area contributed by atoms with Gasteiger partial charge < -0.3 is 4.74 Å². The van der Waals surface area contributed by atoms with Crippen LogP contribution < -0.4 is 0 Å². The van der Waals surface area contributed by atoms with E-state index in [-0.39, 0.29) is 0 Å². The second kappa shape index (κ2) is 4.29. The predicted octanol–water partition coefficient (Wildman–Crippen LogP) is 2.42. The van der Waals surface area contributed by atoms with E-state index < -0.39 is 9.84 Å². The van der Waals surface area contributed by atoms with Gasteiger partial charge in [0.2, 0.25) is 9.84 Å². The van der Waals surface area contributed by atoms with Crippen LogP contribution in [0.2, 0.25) is 0 Å². The molecule has 0 spiro atoms. The Morgan fingerprint density at radius 2 is 1.94 bits per heavy atom. The Morgan fingerprint density at radius 1 is 1.25 bits per heavy atom. The Hall–Kier alpha value is -1.29. The average molecular weight is 238 g/mol. The zero-order valence-electron chi connectivity index (χ0n) is 9.14. The second-order valence-corrected chi connectivity index (χ2v) is 5.69. The number of ether oxygens (including phenoxy) is 1. The van der Waals surface area contributed by atoms with E-state index in [0.717, 1.165) is 12.0 Å². The predicted molar refractivity (Wildman–Crippen MR) is 61.6 cm³/mol. The quantitative estimate of drug-likeness (QED) is 0.794. The molecule has 1 aliphatic heterocycles. The number of hydrogen-bond acceptors (Lipinski definition) is 3. The van der Waals surface area contributed by atoms with Gasteiger partial charge in [0, 0.05) is 6.42 Å². The molecule has 0 atom stereocenters. The van der Waals surface area contributed by atoms with E-state index in [9.17, 15) is 8.42 Å². The lowest BCUT2D eigenvalue weighted by Gasteiger charge is -2.01. The smallest absolute Gasteiger partial charge is 0.203 e. The van der Waals surface area contributed by atoms with Gasteiger partial charge >= 0.3 is 0 Å². The van der Waals surface area contributed by atoms with Crippen molar-refractivity contribution in [1.82, 2.24) is 0 Å². The molecule has 0 amide bonds. The average Bonchev–Trinajstić information content (AvgIpc) is 2.70. The van der Waals surface area contributed by atoms with E-state index in [0.29, 0.717) is 23.7 Å². The largest absolute Gasteiger partial charge is 0.497 e. The topological polar surface area (TPSA) is 43.4 Å². The summed E-state index contributed by atoms with van der Waals surface area (Å²) in [6.07, 6.45) is 1.61. The molecule has 1 fully saturated rings. The van der Waals surface area contributed by atoms with Gasteiger partial charge in [-0.1, -0.05) is 17.7 Å².